The predicted octanol–water partition coefficient (Wildman–Crippen LogP) is 3.67. The molecular formula is C21H23N5O. The van der Waals surface area contributed by atoms with Crippen LogP contribution in [0.5, 0.6) is 5.75 Å². The molecule has 0 atom stereocenters. The van der Waals surface area contributed by atoms with Crippen molar-refractivity contribution in [3.8, 4) is 5.75 Å². The number of phenolic OH excluding ortho intramolecular Hbond substituents is 1. The van der Waals surface area contributed by atoms with Crippen LogP contribution in [0, 0.1) is 6.92 Å². The van der Waals surface area contributed by atoms with E-state index in [0.29, 0.717) is 23.8 Å². The van der Waals surface area contributed by atoms with Crippen molar-refractivity contribution in [2.45, 2.75) is 26.7 Å². The molecule has 0 amide bonds. The van der Waals surface area contributed by atoms with Crippen molar-refractivity contribution in [2.75, 3.05) is 0 Å². The number of hydrogen-bond donors (Lipinski definition) is 3. The van der Waals surface area contributed by atoms with Gasteiger partial charge < -0.3 is 10.8 Å². The van der Waals surface area contributed by atoms with Crippen LogP contribution >= 0.6 is 0 Å². The molecule has 3 rings (SSSR count). The van der Waals surface area contributed by atoms with Crippen LogP contribution in [-0.4, -0.2) is 26.1 Å². The van der Waals surface area contributed by atoms with E-state index in [9.17, 15) is 5.11 Å². The minimum absolute atomic E-state index is 0.291. The summed E-state index contributed by atoms with van der Waals surface area (Å²) in [5, 5.41) is 16.7. The molecule has 0 spiro atoms. The third-order valence-corrected chi connectivity index (χ3v) is 4.16. The maximum atomic E-state index is 9.60. The first-order chi connectivity index (χ1) is 13.0. The van der Waals surface area contributed by atoms with Gasteiger partial charge in [-0.05, 0) is 60.4 Å². The third-order valence-electron chi connectivity index (χ3n) is 4.16. The van der Waals surface area contributed by atoms with E-state index < -0.39 is 0 Å². The maximum absolute atomic E-state index is 9.60. The summed E-state index contributed by atoms with van der Waals surface area (Å²) in [6.45, 7) is 3.97. The second kappa shape index (κ2) is 8.31. The van der Waals surface area contributed by atoms with E-state index in [1.165, 1.54) is 5.56 Å². The number of aliphatic imine (C=N–C) groups is 1. The number of hydrogen-bond acceptors (Lipinski definition) is 4. The standard InChI is InChI=1S/C21H23N5O/c1-3-15-5-4-6-17(12-15)23-19(22)9-10-20-24-21(26-25-20)13-16-7-8-18(27)14(2)11-16/h4-12,27H,3,13H2,1-2H3,(H2,22,23)(H,24,25,26)/b10-9-. The topological polar surface area (TPSA) is 100 Å². The molecule has 1 heterocycles. The Hall–Kier alpha value is -3.41. The van der Waals surface area contributed by atoms with Gasteiger partial charge in [0.15, 0.2) is 5.82 Å². The van der Waals surface area contributed by atoms with E-state index in [1.54, 1.807) is 18.2 Å². The van der Waals surface area contributed by atoms with Crippen LogP contribution < -0.4 is 5.73 Å². The number of nitrogens with zero attached hydrogens (tertiary/aromatic N) is 3. The maximum Gasteiger partial charge on any atom is 0.174 e. The molecule has 0 unspecified atom stereocenters. The second-order valence-corrected chi connectivity index (χ2v) is 6.33. The fourth-order valence-electron chi connectivity index (χ4n) is 2.68. The first-order valence-corrected chi connectivity index (χ1v) is 8.84. The van der Waals surface area contributed by atoms with Gasteiger partial charge in [-0.2, -0.15) is 5.10 Å². The van der Waals surface area contributed by atoms with Crippen molar-refractivity contribution in [2.24, 2.45) is 10.7 Å². The van der Waals surface area contributed by atoms with Gasteiger partial charge in [-0.25, -0.2) is 9.98 Å². The molecule has 0 aliphatic carbocycles. The van der Waals surface area contributed by atoms with Crippen LogP contribution in [0.4, 0.5) is 5.69 Å². The minimum Gasteiger partial charge on any atom is -0.508 e. The third kappa shape index (κ3) is 5.04. The van der Waals surface area contributed by atoms with E-state index in [0.717, 1.165) is 29.1 Å². The molecule has 4 N–H and O–H groups in total. The Morgan fingerprint density at radius 3 is 2.85 bits per heavy atom. The molecule has 6 heteroatoms. The molecule has 3 aromatic rings. The van der Waals surface area contributed by atoms with Gasteiger partial charge in [0.2, 0.25) is 0 Å². The van der Waals surface area contributed by atoms with Crippen molar-refractivity contribution < 1.29 is 5.11 Å². The normalized spacial score (nSPS) is 12.0. The second-order valence-electron chi connectivity index (χ2n) is 6.33. The summed E-state index contributed by atoms with van der Waals surface area (Å²) in [5.74, 6) is 1.97. The molecule has 0 bridgehead atoms. The number of nitrogens with one attached hydrogen (secondary N) is 1. The fourth-order valence-corrected chi connectivity index (χ4v) is 2.68. The van der Waals surface area contributed by atoms with E-state index >= 15 is 0 Å². The first-order valence-electron chi connectivity index (χ1n) is 8.84. The lowest BCUT2D eigenvalue weighted by molar-refractivity contribution is 0.471. The Kier molecular flexibility index (Phi) is 5.66. The van der Waals surface area contributed by atoms with Crippen LogP contribution in [0.15, 0.2) is 53.5 Å². The van der Waals surface area contributed by atoms with E-state index in [-0.39, 0.29) is 0 Å². The number of aromatic amines is 1. The van der Waals surface area contributed by atoms with Crippen molar-refractivity contribution in [3.63, 3.8) is 0 Å². The molecule has 2 aromatic carbocycles. The van der Waals surface area contributed by atoms with Gasteiger partial charge in [-0.15, -0.1) is 0 Å². The smallest absolute Gasteiger partial charge is 0.174 e. The van der Waals surface area contributed by atoms with E-state index in [2.05, 4.69) is 33.2 Å². The van der Waals surface area contributed by atoms with Crippen molar-refractivity contribution in [3.05, 3.63) is 76.9 Å². The molecule has 0 saturated heterocycles. The summed E-state index contributed by atoms with van der Waals surface area (Å²) in [6.07, 6.45) is 4.98. The Labute approximate surface area is 158 Å². The van der Waals surface area contributed by atoms with Crippen LogP contribution in [-0.2, 0) is 12.8 Å². The molecule has 0 saturated carbocycles. The van der Waals surface area contributed by atoms with E-state index in [1.807, 2.05) is 37.3 Å². The van der Waals surface area contributed by atoms with Gasteiger partial charge >= 0.3 is 0 Å². The highest BCUT2D eigenvalue weighted by Gasteiger charge is 2.04. The molecule has 0 aliphatic rings. The lowest BCUT2D eigenvalue weighted by Gasteiger charge is -2.02. The summed E-state index contributed by atoms with van der Waals surface area (Å²) in [5.41, 5.74) is 9.91. The van der Waals surface area contributed by atoms with Gasteiger partial charge in [0, 0.05) is 6.42 Å². The zero-order valence-electron chi connectivity index (χ0n) is 15.5. The highest BCUT2D eigenvalue weighted by molar-refractivity contribution is 5.96. The van der Waals surface area contributed by atoms with Gasteiger partial charge in [-0.3, -0.25) is 5.10 Å². The van der Waals surface area contributed by atoms with Crippen LogP contribution in [0.25, 0.3) is 6.08 Å². The van der Waals surface area contributed by atoms with E-state index in [4.69, 9.17) is 5.73 Å². The van der Waals surface area contributed by atoms with Crippen molar-refractivity contribution >= 4 is 17.6 Å². The van der Waals surface area contributed by atoms with Crippen molar-refractivity contribution in [1.29, 1.82) is 0 Å². The number of rotatable bonds is 6. The summed E-state index contributed by atoms with van der Waals surface area (Å²) in [6, 6.07) is 13.5. The number of aryl methyl sites for hydroxylation is 2. The quantitative estimate of drug-likeness (QED) is 0.460. The van der Waals surface area contributed by atoms with Crippen LogP contribution in [0.1, 0.15) is 35.3 Å². The molecule has 1 aromatic heterocycles. The van der Waals surface area contributed by atoms with Crippen LogP contribution in [0.2, 0.25) is 0 Å². The molecule has 0 radical (unpaired) electrons. The predicted molar refractivity (Wildman–Crippen MR) is 108 cm³/mol. The van der Waals surface area contributed by atoms with Gasteiger partial charge in [0.1, 0.15) is 17.4 Å². The summed E-state index contributed by atoms with van der Waals surface area (Å²) < 4.78 is 0. The summed E-state index contributed by atoms with van der Waals surface area (Å²) >= 11 is 0. The number of benzene rings is 2. The van der Waals surface area contributed by atoms with Gasteiger partial charge in [0.05, 0.1) is 5.69 Å². The number of phenols is 1. The minimum atomic E-state index is 0.291. The number of aromatic nitrogens is 3. The Morgan fingerprint density at radius 2 is 2.07 bits per heavy atom. The Morgan fingerprint density at radius 1 is 1.22 bits per heavy atom. The van der Waals surface area contributed by atoms with Gasteiger partial charge in [-0.1, -0.05) is 31.2 Å². The number of nitrogens with two attached hydrogens (primary N) is 1. The number of H-pyrrole nitrogens is 1. The van der Waals surface area contributed by atoms with Gasteiger partial charge in [0.25, 0.3) is 0 Å². The zero-order valence-corrected chi connectivity index (χ0v) is 15.5. The van der Waals surface area contributed by atoms with Crippen LogP contribution in [0.3, 0.4) is 0 Å². The SMILES string of the molecule is CCc1cccc(N=C(N)/C=C\c2n[nH]c(Cc3ccc(O)c(C)c3)n2)c1. The lowest BCUT2D eigenvalue weighted by Crippen LogP contribution is -2.06. The molecule has 0 aliphatic heterocycles. The number of aromatic hydroxyl groups is 1. The Bertz CT molecular complexity index is 988. The number of amidine groups is 1. The molecule has 138 valence electrons. The monoisotopic (exact) mass is 361 g/mol. The molecule has 6 nitrogen and oxygen atoms in total. The molecular weight excluding hydrogens is 338 g/mol. The summed E-state index contributed by atoms with van der Waals surface area (Å²) in [4.78, 5) is 8.83. The highest BCUT2D eigenvalue weighted by atomic mass is 16.3. The fraction of sp³-hybridized carbons (Fsp3) is 0.190. The first kappa shape index (κ1) is 18.4. The summed E-state index contributed by atoms with van der Waals surface area (Å²) in [7, 11) is 0. The highest BCUT2D eigenvalue weighted by Crippen LogP contribution is 2.18. The Balaban J connectivity index is 1.67. The lowest BCUT2D eigenvalue weighted by atomic mass is 10.1. The molecule has 27 heavy (non-hydrogen) atoms. The average molecular weight is 361 g/mol. The largest absolute Gasteiger partial charge is 0.508 e. The zero-order chi connectivity index (χ0) is 19.2. The average Bonchev–Trinajstić information content (AvgIpc) is 3.10. The van der Waals surface area contributed by atoms with Crippen molar-refractivity contribution in [1.82, 2.24) is 15.2 Å². The molecule has 0 fully saturated rings.